The lowest BCUT2D eigenvalue weighted by Gasteiger charge is -2.21. The van der Waals surface area contributed by atoms with Crippen LogP contribution in [0.5, 0.6) is 0 Å². The summed E-state index contributed by atoms with van der Waals surface area (Å²) < 4.78 is 0. The molecule has 3 aromatic rings. The molecule has 0 saturated heterocycles. The summed E-state index contributed by atoms with van der Waals surface area (Å²) in [7, 11) is 0. The van der Waals surface area contributed by atoms with Crippen LogP contribution in [0.1, 0.15) is 67.6 Å². The number of fused-ring (bicyclic) bond motifs is 1. The lowest BCUT2D eigenvalue weighted by atomic mass is 10.0. The highest BCUT2D eigenvalue weighted by atomic mass is 16.3. The Morgan fingerprint density at radius 2 is 1.59 bits per heavy atom. The highest BCUT2D eigenvalue weighted by molar-refractivity contribution is 5.96. The Labute approximate surface area is 233 Å². The highest BCUT2D eigenvalue weighted by Gasteiger charge is 2.13. The minimum atomic E-state index is -0.507. The molecule has 6 heteroatoms. The van der Waals surface area contributed by atoms with Gasteiger partial charge in [-0.05, 0) is 56.9 Å². The Morgan fingerprint density at radius 1 is 0.923 bits per heavy atom. The summed E-state index contributed by atoms with van der Waals surface area (Å²) in [4.78, 5) is 21.4. The van der Waals surface area contributed by atoms with E-state index in [2.05, 4.69) is 66.2 Å². The second kappa shape index (κ2) is 15.0. The number of likely N-dealkylation sites (N-methyl/N-ethyl adjacent to an activating group) is 1. The largest absolute Gasteiger partial charge is 0.392 e. The first-order valence-corrected chi connectivity index (χ1v) is 13.8. The van der Waals surface area contributed by atoms with Crippen LogP contribution in [-0.4, -0.2) is 71.0 Å². The smallest absolute Gasteiger partial charge is 0.162 e. The van der Waals surface area contributed by atoms with Crippen molar-refractivity contribution in [2.45, 2.75) is 46.6 Å². The van der Waals surface area contributed by atoms with Gasteiger partial charge in [0.05, 0.1) is 18.2 Å². The number of carbonyl (C=O) groups is 1. The number of nitrogen functional groups attached to an aromatic ring is 1. The molecule has 1 heterocycles. The number of pyridine rings is 1. The van der Waals surface area contributed by atoms with Crippen molar-refractivity contribution in [3.63, 3.8) is 0 Å². The van der Waals surface area contributed by atoms with Crippen molar-refractivity contribution < 1.29 is 9.90 Å². The molecule has 1 atom stereocenters. The van der Waals surface area contributed by atoms with Crippen LogP contribution in [0.15, 0.2) is 48.7 Å². The van der Waals surface area contributed by atoms with Crippen molar-refractivity contribution in [1.82, 2.24) is 14.8 Å². The number of nitrogens with zero attached hydrogens (tertiary/aromatic N) is 3. The molecule has 0 aliphatic heterocycles. The molecule has 3 N–H and O–H groups in total. The lowest BCUT2D eigenvalue weighted by molar-refractivity contribution is 0.0877. The van der Waals surface area contributed by atoms with Crippen LogP contribution in [0.25, 0.3) is 10.8 Å². The third-order valence-corrected chi connectivity index (χ3v) is 6.96. The summed E-state index contributed by atoms with van der Waals surface area (Å²) in [5.74, 6) is 13.3. The van der Waals surface area contributed by atoms with Gasteiger partial charge in [-0.3, -0.25) is 9.69 Å². The van der Waals surface area contributed by atoms with E-state index in [1.807, 2.05) is 30.3 Å². The van der Waals surface area contributed by atoms with E-state index in [1.165, 1.54) is 0 Å². The molecule has 0 radical (unpaired) electrons. The van der Waals surface area contributed by atoms with E-state index >= 15 is 0 Å². The predicted molar refractivity (Wildman–Crippen MR) is 161 cm³/mol. The Hall–Kier alpha value is -3.68. The van der Waals surface area contributed by atoms with E-state index in [0.29, 0.717) is 36.3 Å². The van der Waals surface area contributed by atoms with E-state index in [9.17, 15) is 9.90 Å². The van der Waals surface area contributed by atoms with Gasteiger partial charge in [-0.2, -0.15) is 0 Å². The van der Waals surface area contributed by atoms with Crippen molar-refractivity contribution in [3.05, 3.63) is 70.9 Å². The predicted octanol–water partition coefficient (Wildman–Crippen LogP) is 4.58. The number of hydrogen-bond donors (Lipinski definition) is 2. The standard InChI is InChI=1S/C33H40N4O2/c1-5-36(6-2)21-9-10-26-13-17-28-23-35-33(34)30(31(28)22-26)19-14-25-11-15-27(16-12-25)32(39)20-18-29(38)24-37(7-3)8-4/h11-13,15-17,22-23,29,38H,5-8,18,20-21,24H2,1-4H3,(H2,34,35). The Bertz CT molecular complexity index is 1370. The average Bonchev–Trinajstić information content (AvgIpc) is 2.96. The average molecular weight is 525 g/mol. The quantitative estimate of drug-likeness (QED) is 0.282. The molecular weight excluding hydrogens is 484 g/mol. The highest BCUT2D eigenvalue weighted by Crippen LogP contribution is 2.23. The number of carbonyl (C=O) groups excluding carboxylic acids is 1. The van der Waals surface area contributed by atoms with Crippen LogP contribution < -0.4 is 5.73 Å². The number of aliphatic hydroxyl groups excluding tert-OH is 1. The van der Waals surface area contributed by atoms with Gasteiger partial charge >= 0.3 is 0 Å². The molecule has 6 nitrogen and oxygen atoms in total. The fraction of sp³-hybridized carbons (Fsp3) is 0.394. The van der Waals surface area contributed by atoms with Gasteiger partial charge in [-0.1, -0.05) is 69.6 Å². The molecule has 204 valence electrons. The number of nitrogens with two attached hydrogens (primary N) is 1. The van der Waals surface area contributed by atoms with Gasteiger partial charge in [-0.15, -0.1) is 0 Å². The monoisotopic (exact) mass is 524 g/mol. The van der Waals surface area contributed by atoms with E-state index < -0.39 is 6.10 Å². The third-order valence-electron chi connectivity index (χ3n) is 6.96. The molecule has 3 rings (SSSR count). The molecular formula is C33H40N4O2. The fourth-order valence-corrected chi connectivity index (χ4v) is 4.32. The molecule has 0 amide bonds. The molecule has 0 spiro atoms. The number of aromatic nitrogens is 1. The van der Waals surface area contributed by atoms with Crippen molar-refractivity contribution in [3.8, 4) is 23.7 Å². The van der Waals surface area contributed by atoms with Gasteiger partial charge in [0.15, 0.2) is 5.78 Å². The SMILES string of the molecule is CCN(CC)CC#Cc1ccc2cnc(N)c(C#Cc3ccc(C(=O)CCC(O)CN(CC)CC)cc3)c2c1. The molecule has 39 heavy (non-hydrogen) atoms. The van der Waals surface area contributed by atoms with Crippen molar-refractivity contribution in [2.24, 2.45) is 0 Å². The van der Waals surface area contributed by atoms with Gasteiger partial charge in [0.1, 0.15) is 5.82 Å². The summed E-state index contributed by atoms with van der Waals surface area (Å²) in [5.41, 5.74) is 9.20. The van der Waals surface area contributed by atoms with Crippen LogP contribution in [-0.2, 0) is 0 Å². The maximum absolute atomic E-state index is 12.6. The van der Waals surface area contributed by atoms with Crippen LogP contribution in [0.2, 0.25) is 0 Å². The summed E-state index contributed by atoms with van der Waals surface area (Å²) in [6.45, 7) is 13.4. The van der Waals surface area contributed by atoms with Gasteiger partial charge in [0.25, 0.3) is 0 Å². The molecule has 1 aromatic heterocycles. The number of rotatable bonds is 11. The van der Waals surface area contributed by atoms with E-state index in [4.69, 9.17) is 5.73 Å². The molecule has 0 fully saturated rings. The Morgan fingerprint density at radius 3 is 2.26 bits per heavy atom. The lowest BCUT2D eigenvalue weighted by Crippen LogP contribution is -2.32. The topological polar surface area (TPSA) is 82.7 Å². The normalized spacial score (nSPS) is 11.7. The molecule has 2 aromatic carbocycles. The third kappa shape index (κ3) is 8.67. The molecule has 0 aliphatic rings. The summed E-state index contributed by atoms with van der Waals surface area (Å²) in [6.07, 6.45) is 2.01. The maximum Gasteiger partial charge on any atom is 0.162 e. The van der Waals surface area contributed by atoms with Crippen LogP contribution in [0.4, 0.5) is 5.82 Å². The summed E-state index contributed by atoms with van der Waals surface area (Å²) in [5, 5.41) is 12.1. The second-order valence-electron chi connectivity index (χ2n) is 9.51. The Kier molecular flexibility index (Phi) is 11.5. The second-order valence-corrected chi connectivity index (χ2v) is 9.51. The van der Waals surface area contributed by atoms with Gasteiger partial charge in [-0.25, -0.2) is 4.98 Å². The van der Waals surface area contributed by atoms with Crippen LogP contribution >= 0.6 is 0 Å². The molecule has 0 saturated carbocycles. The van der Waals surface area contributed by atoms with Crippen LogP contribution in [0, 0.1) is 23.7 Å². The molecule has 0 aliphatic carbocycles. The minimum Gasteiger partial charge on any atom is -0.392 e. The van der Waals surface area contributed by atoms with Crippen molar-refractivity contribution >= 4 is 22.4 Å². The first-order chi connectivity index (χ1) is 18.9. The Balaban J connectivity index is 1.73. The number of Topliss-reactive ketones (excluding diaryl/α,β-unsaturated/α-hetero) is 1. The number of ketones is 1. The van der Waals surface area contributed by atoms with E-state index in [-0.39, 0.29) is 5.78 Å². The van der Waals surface area contributed by atoms with Crippen LogP contribution in [0.3, 0.4) is 0 Å². The van der Waals surface area contributed by atoms with Crippen molar-refractivity contribution in [2.75, 3.05) is 45.0 Å². The van der Waals surface area contributed by atoms with Gasteiger partial charge < -0.3 is 15.7 Å². The summed E-state index contributed by atoms with van der Waals surface area (Å²) in [6, 6.07) is 13.3. The zero-order valence-electron chi connectivity index (χ0n) is 23.6. The number of anilines is 1. The van der Waals surface area contributed by atoms with E-state index in [1.54, 1.807) is 18.3 Å². The molecule has 0 bridgehead atoms. The van der Waals surface area contributed by atoms with Gasteiger partial charge in [0, 0.05) is 46.6 Å². The maximum atomic E-state index is 12.6. The summed E-state index contributed by atoms with van der Waals surface area (Å²) >= 11 is 0. The zero-order valence-corrected chi connectivity index (χ0v) is 23.6. The molecule has 1 unspecified atom stereocenters. The fourth-order valence-electron chi connectivity index (χ4n) is 4.32. The number of benzene rings is 2. The number of hydrogen-bond acceptors (Lipinski definition) is 6. The zero-order chi connectivity index (χ0) is 28.2. The minimum absolute atomic E-state index is 0.0187. The van der Waals surface area contributed by atoms with E-state index in [0.717, 1.165) is 54.6 Å². The number of aliphatic hydroxyl groups is 1. The van der Waals surface area contributed by atoms with Gasteiger partial charge in [0.2, 0.25) is 0 Å². The first-order valence-electron chi connectivity index (χ1n) is 13.8. The van der Waals surface area contributed by atoms with Crippen molar-refractivity contribution in [1.29, 1.82) is 0 Å². The first kappa shape index (κ1) is 29.9.